The first-order valence-electron chi connectivity index (χ1n) is 8.35. The number of amides is 1. The Kier molecular flexibility index (Phi) is 7.21. The fourth-order valence-corrected chi connectivity index (χ4v) is 2.44. The van der Waals surface area contributed by atoms with Crippen molar-refractivity contribution in [2.45, 2.75) is 26.9 Å². The molecular weight excluding hydrogens is 398 g/mol. The highest BCUT2D eigenvalue weighted by Crippen LogP contribution is 2.19. The normalized spacial score (nSPS) is 11.7. The van der Waals surface area contributed by atoms with E-state index in [9.17, 15) is 9.59 Å². The predicted octanol–water partition coefficient (Wildman–Crippen LogP) is 4.67. The van der Waals surface area contributed by atoms with Crippen molar-refractivity contribution in [1.29, 1.82) is 0 Å². The van der Waals surface area contributed by atoms with Crippen LogP contribution in [-0.4, -0.2) is 24.6 Å². The Labute approximate surface area is 161 Å². The minimum Gasteiger partial charge on any atom is -0.481 e. The van der Waals surface area contributed by atoms with Crippen molar-refractivity contribution in [2.75, 3.05) is 11.9 Å². The number of halogens is 1. The second-order valence-electron chi connectivity index (χ2n) is 6.28. The molecule has 1 amide bonds. The maximum absolute atomic E-state index is 12.3. The fourth-order valence-electron chi connectivity index (χ4n) is 2.06. The highest BCUT2D eigenvalue weighted by atomic mass is 79.9. The first-order chi connectivity index (χ1) is 12.3. The van der Waals surface area contributed by atoms with Gasteiger partial charge in [-0.3, -0.25) is 4.79 Å². The summed E-state index contributed by atoms with van der Waals surface area (Å²) >= 11 is 3.36. The van der Waals surface area contributed by atoms with Crippen LogP contribution in [0.5, 0.6) is 5.75 Å². The van der Waals surface area contributed by atoms with Crippen molar-refractivity contribution in [1.82, 2.24) is 0 Å². The van der Waals surface area contributed by atoms with Gasteiger partial charge in [-0.05, 0) is 55.3 Å². The van der Waals surface area contributed by atoms with E-state index in [1.54, 1.807) is 43.3 Å². The molecule has 5 nitrogen and oxygen atoms in total. The second kappa shape index (κ2) is 9.38. The van der Waals surface area contributed by atoms with Gasteiger partial charge in [0.1, 0.15) is 5.75 Å². The molecule has 0 fully saturated rings. The number of esters is 1. The first-order valence-corrected chi connectivity index (χ1v) is 9.14. The summed E-state index contributed by atoms with van der Waals surface area (Å²) in [6.45, 7) is 6.00. The van der Waals surface area contributed by atoms with Gasteiger partial charge < -0.3 is 14.8 Å². The van der Waals surface area contributed by atoms with Crippen LogP contribution < -0.4 is 10.1 Å². The molecule has 0 aliphatic heterocycles. The Morgan fingerprint density at radius 3 is 2.38 bits per heavy atom. The summed E-state index contributed by atoms with van der Waals surface area (Å²) in [5.41, 5.74) is 1.03. The highest BCUT2D eigenvalue weighted by molar-refractivity contribution is 9.10. The number of hydrogen-bond donors (Lipinski definition) is 1. The molecule has 0 unspecified atom stereocenters. The minimum absolute atomic E-state index is 0.278. The van der Waals surface area contributed by atoms with Gasteiger partial charge in [-0.1, -0.05) is 35.8 Å². The Bertz CT molecular complexity index is 759. The SMILES string of the molecule is CC(C)COC(=O)c1ccc(NC(=O)[C@H](C)Oc2cccc(Br)c2)cc1. The molecule has 2 rings (SSSR count). The molecule has 138 valence electrons. The molecule has 0 aromatic heterocycles. The van der Waals surface area contributed by atoms with Crippen LogP contribution in [0.2, 0.25) is 0 Å². The van der Waals surface area contributed by atoms with Crippen LogP contribution >= 0.6 is 15.9 Å². The largest absolute Gasteiger partial charge is 0.481 e. The molecule has 2 aromatic rings. The monoisotopic (exact) mass is 419 g/mol. The van der Waals surface area contributed by atoms with Crippen LogP contribution in [0.1, 0.15) is 31.1 Å². The van der Waals surface area contributed by atoms with E-state index < -0.39 is 6.10 Å². The average molecular weight is 420 g/mol. The lowest BCUT2D eigenvalue weighted by Crippen LogP contribution is -2.30. The van der Waals surface area contributed by atoms with E-state index in [2.05, 4.69) is 21.2 Å². The Morgan fingerprint density at radius 2 is 1.77 bits per heavy atom. The number of carbonyl (C=O) groups excluding carboxylic acids is 2. The quantitative estimate of drug-likeness (QED) is 0.662. The molecule has 6 heteroatoms. The molecule has 1 N–H and O–H groups in total. The van der Waals surface area contributed by atoms with E-state index in [0.717, 1.165) is 4.47 Å². The molecule has 26 heavy (non-hydrogen) atoms. The molecule has 0 spiro atoms. The van der Waals surface area contributed by atoms with E-state index in [-0.39, 0.29) is 17.8 Å². The number of anilines is 1. The van der Waals surface area contributed by atoms with Crippen molar-refractivity contribution in [3.8, 4) is 5.75 Å². The highest BCUT2D eigenvalue weighted by Gasteiger charge is 2.15. The third-order valence-electron chi connectivity index (χ3n) is 3.41. The molecule has 0 aliphatic carbocycles. The van der Waals surface area contributed by atoms with Gasteiger partial charge in [0, 0.05) is 10.2 Å². The van der Waals surface area contributed by atoms with Crippen molar-refractivity contribution in [2.24, 2.45) is 5.92 Å². The van der Waals surface area contributed by atoms with Gasteiger partial charge in [0.05, 0.1) is 12.2 Å². The number of hydrogen-bond acceptors (Lipinski definition) is 4. The molecule has 0 heterocycles. The lowest BCUT2D eigenvalue weighted by Gasteiger charge is -2.15. The van der Waals surface area contributed by atoms with Crippen molar-refractivity contribution in [3.63, 3.8) is 0 Å². The number of ether oxygens (including phenoxy) is 2. The maximum atomic E-state index is 12.3. The van der Waals surface area contributed by atoms with Gasteiger partial charge in [-0.25, -0.2) is 4.79 Å². The third-order valence-corrected chi connectivity index (χ3v) is 3.91. The first kappa shape index (κ1) is 20.0. The summed E-state index contributed by atoms with van der Waals surface area (Å²) in [7, 11) is 0. The van der Waals surface area contributed by atoms with E-state index in [1.807, 2.05) is 26.0 Å². The van der Waals surface area contributed by atoms with Gasteiger partial charge >= 0.3 is 5.97 Å². The summed E-state index contributed by atoms with van der Waals surface area (Å²) in [4.78, 5) is 24.1. The number of carbonyl (C=O) groups is 2. The maximum Gasteiger partial charge on any atom is 0.338 e. The van der Waals surface area contributed by atoms with Crippen molar-refractivity contribution >= 4 is 33.5 Å². The zero-order valence-corrected chi connectivity index (χ0v) is 16.6. The molecule has 0 radical (unpaired) electrons. The zero-order valence-electron chi connectivity index (χ0n) is 15.0. The van der Waals surface area contributed by atoms with E-state index >= 15 is 0 Å². The molecular formula is C20H22BrNO4. The van der Waals surface area contributed by atoms with Gasteiger partial charge in [0.15, 0.2) is 6.10 Å². The Balaban J connectivity index is 1.91. The van der Waals surface area contributed by atoms with E-state index in [4.69, 9.17) is 9.47 Å². The van der Waals surface area contributed by atoms with Gasteiger partial charge in [-0.2, -0.15) is 0 Å². The van der Waals surface area contributed by atoms with Crippen LogP contribution in [0.4, 0.5) is 5.69 Å². The molecule has 0 saturated heterocycles. The number of benzene rings is 2. The Morgan fingerprint density at radius 1 is 1.08 bits per heavy atom. The Hall–Kier alpha value is -2.34. The van der Waals surface area contributed by atoms with Crippen LogP contribution in [0.25, 0.3) is 0 Å². The third kappa shape index (κ3) is 6.19. The lowest BCUT2D eigenvalue weighted by molar-refractivity contribution is -0.122. The van der Waals surface area contributed by atoms with Crippen molar-refractivity contribution in [3.05, 3.63) is 58.6 Å². The smallest absolute Gasteiger partial charge is 0.338 e. The number of nitrogens with one attached hydrogen (secondary N) is 1. The van der Waals surface area contributed by atoms with Crippen LogP contribution in [0.15, 0.2) is 53.0 Å². The zero-order chi connectivity index (χ0) is 19.1. The average Bonchev–Trinajstić information content (AvgIpc) is 2.60. The number of rotatable bonds is 7. The second-order valence-corrected chi connectivity index (χ2v) is 7.19. The molecule has 1 atom stereocenters. The molecule has 0 saturated carbocycles. The molecule has 0 aliphatic rings. The summed E-state index contributed by atoms with van der Waals surface area (Å²) in [6.07, 6.45) is -0.667. The van der Waals surface area contributed by atoms with Gasteiger partial charge in [-0.15, -0.1) is 0 Å². The van der Waals surface area contributed by atoms with Gasteiger partial charge in [0.2, 0.25) is 0 Å². The summed E-state index contributed by atoms with van der Waals surface area (Å²) in [5.74, 6) is 0.234. The summed E-state index contributed by atoms with van der Waals surface area (Å²) in [5, 5.41) is 2.77. The predicted molar refractivity (Wildman–Crippen MR) is 104 cm³/mol. The summed E-state index contributed by atoms with van der Waals surface area (Å²) in [6, 6.07) is 13.9. The van der Waals surface area contributed by atoms with Crippen LogP contribution in [0.3, 0.4) is 0 Å². The van der Waals surface area contributed by atoms with Crippen LogP contribution in [-0.2, 0) is 9.53 Å². The molecule has 0 bridgehead atoms. The topological polar surface area (TPSA) is 64.6 Å². The molecule has 2 aromatic carbocycles. The van der Waals surface area contributed by atoms with Crippen LogP contribution in [0, 0.1) is 5.92 Å². The van der Waals surface area contributed by atoms with E-state index in [1.165, 1.54) is 0 Å². The fraction of sp³-hybridized carbons (Fsp3) is 0.300. The lowest BCUT2D eigenvalue weighted by atomic mass is 10.2. The standard InChI is InChI=1S/C20H22BrNO4/c1-13(2)12-25-20(24)15-7-9-17(10-8-15)22-19(23)14(3)26-18-6-4-5-16(21)11-18/h4-11,13-14H,12H2,1-3H3,(H,22,23)/t14-/m0/s1. The van der Waals surface area contributed by atoms with E-state index in [0.29, 0.717) is 23.6 Å². The minimum atomic E-state index is -0.667. The summed E-state index contributed by atoms with van der Waals surface area (Å²) < 4.78 is 11.7. The van der Waals surface area contributed by atoms with Crippen molar-refractivity contribution < 1.29 is 19.1 Å². The van der Waals surface area contributed by atoms with Gasteiger partial charge in [0.25, 0.3) is 5.91 Å².